The molecule has 0 saturated carbocycles. The zero-order chi connectivity index (χ0) is 9.10. The number of nitrogens with zero attached hydrogens (tertiary/aromatic N) is 2. The molecular weight excluding hydrogens is 248 g/mol. The van der Waals surface area contributed by atoms with Gasteiger partial charge in [-0.2, -0.15) is 0 Å². The highest BCUT2D eigenvalue weighted by Gasteiger charge is 2.02. The Balaban J connectivity index is 2.36. The van der Waals surface area contributed by atoms with Gasteiger partial charge in [-0.15, -0.1) is 11.3 Å². The lowest BCUT2D eigenvalue weighted by Crippen LogP contribution is -1.79. The fourth-order valence-corrected chi connectivity index (χ4v) is 2.32. The molecule has 4 heteroatoms. The molecule has 0 fully saturated rings. The third kappa shape index (κ3) is 1.95. The summed E-state index contributed by atoms with van der Waals surface area (Å²) in [6.45, 7) is 0. The molecule has 0 saturated heterocycles. The number of hydrogen-bond acceptors (Lipinski definition) is 3. The third-order valence-electron chi connectivity index (χ3n) is 1.62. The maximum Gasteiger partial charge on any atom is 0.123 e. The van der Waals surface area contributed by atoms with Crippen molar-refractivity contribution in [2.75, 3.05) is 0 Å². The van der Waals surface area contributed by atoms with Crippen LogP contribution in [0.2, 0.25) is 0 Å². The van der Waals surface area contributed by atoms with E-state index in [1.807, 2.05) is 12.1 Å². The molecule has 13 heavy (non-hydrogen) atoms. The van der Waals surface area contributed by atoms with Crippen molar-refractivity contribution in [1.82, 2.24) is 9.97 Å². The molecule has 0 aromatic carbocycles. The average molecular weight is 255 g/mol. The minimum absolute atomic E-state index is 0.814. The van der Waals surface area contributed by atoms with E-state index in [9.17, 15) is 0 Å². The number of halogens is 1. The smallest absolute Gasteiger partial charge is 0.123 e. The Morgan fingerprint density at radius 3 is 2.69 bits per heavy atom. The lowest BCUT2D eigenvalue weighted by atomic mass is 10.3. The van der Waals surface area contributed by atoms with Crippen molar-refractivity contribution < 1.29 is 0 Å². The first kappa shape index (κ1) is 8.84. The number of pyridine rings is 1. The molecule has 0 N–H and O–H groups in total. The molecule has 2 rings (SSSR count). The van der Waals surface area contributed by atoms with Crippen LogP contribution in [0.1, 0.15) is 5.69 Å². The van der Waals surface area contributed by atoms with Crippen molar-refractivity contribution in [2.45, 2.75) is 5.33 Å². The molecule has 66 valence electrons. The summed E-state index contributed by atoms with van der Waals surface area (Å²) >= 11 is 5.03. The second-order valence-electron chi connectivity index (χ2n) is 2.51. The molecule has 0 bridgehead atoms. The van der Waals surface area contributed by atoms with Gasteiger partial charge in [0, 0.05) is 28.7 Å². The largest absolute Gasteiger partial charge is 0.265 e. The van der Waals surface area contributed by atoms with E-state index in [0.29, 0.717) is 0 Å². The van der Waals surface area contributed by atoms with E-state index in [1.54, 1.807) is 23.7 Å². The Hall–Kier alpha value is -0.740. The SMILES string of the molecule is BrCc1csc(-c2ccncc2)n1. The van der Waals surface area contributed by atoms with Gasteiger partial charge in [0.2, 0.25) is 0 Å². The van der Waals surface area contributed by atoms with Crippen LogP contribution < -0.4 is 0 Å². The van der Waals surface area contributed by atoms with Gasteiger partial charge in [-0.25, -0.2) is 4.98 Å². The maximum absolute atomic E-state index is 4.44. The van der Waals surface area contributed by atoms with E-state index in [1.165, 1.54) is 0 Å². The number of aromatic nitrogens is 2. The fourth-order valence-electron chi connectivity index (χ4n) is 0.995. The zero-order valence-corrected chi connectivity index (χ0v) is 9.18. The minimum atomic E-state index is 0.814. The zero-order valence-electron chi connectivity index (χ0n) is 6.77. The summed E-state index contributed by atoms with van der Waals surface area (Å²) in [5.41, 5.74) is 2.21. The van der Waals surface area contributed by atoms with Gasteiger partial charge in [0.05, 0.1) is 5.69 Å². The monoisotopic (exact) mass is 254 g/mol. The highest BCUT2D eigenvalue weighted by atomic mass is 79.9. The second kappa shape index (κ2) is 3.98. The quantitative estimate of drug-likeness (QED) is 0.770. The first-order valence-corrected chi connectivity index (χ1v) is 5.81. The second-order valence-corrected chi connectivity index (χ2v) is 3.93. The van der Waals surface area contributed by atoms with Crippen LogP contribution in [0.25, 0.3) is 10.6 Å². The molecule has 0 atom stereocenters. The summed E-state index contributed by atoms with van der Waals surface area (Å²) in [7, 11) is 0. The number of thiazole rings is 1. The van der Waals surface area contributed by atoms with Gasteiger partial charge >= 0.3 is 0 Å². The lowest BCUT2D eigenvalue weighted by molar-refractivity contribution is 1.24. The van der Waals surface area contributed by atoms with E-state index in [2.05, 4.69) is 31.3 Å². The first-order chi connectivity index (χ1) is 6.40. The molecule has 0 aliphatic carbocycles. The van der Waals surface area contributed by atoms with Crippen LogP contribution in [0.3, 0.4) is 0 Å². The number of hydrogen-bond donors (Lipinski definition) is 0. The molecule has 2 nitrogen and oxygen atoms in total. The number of alkyl halides is 1. The van der Waals surface area contributed by atoms with Gasteiger partial charge in [-0.3, -0.25) is 4.98 Å². The van der Waals surface area contributed by atoms with E-state index < -0.39 is 0 Å². The van der Waals surface area contributed by atoms with Crippen LogP contribution in [0, 0.1) is 0 Å². The van der Waals surface area contributed by atoms with Crippen molar-refractivity contribution in [3.63, 3.8) is 0 Å². The fraction of sp³-hybridized carbons (Fsp3) is 0.111. The molecule has 2 aromatic heterocycles. The predicted octanol–water partition coefficient (Wildman–Crippen LogP) is 3.10. The topological polar surface area (TPSA) is 25.8 Å². The van der Waals surface area contributed by atoms with Crippen LogP contribution in [0.5, 0.6) is 0 Å². The Morgan fingerprint density at radius 2 is 2.08 bits per heavy atom. The molecule has 0 aliphatic heterocycles. The van der Waals surface area contributed by atoms with Gasteiger partial charge in [0.1, 0.15) is 5.01 Å². The van der Waals surface area contributed by atoms with Crippen LogP contribution in [0.15, 0.2) is 29.9 Å². The van der Waals surface area contributed by atoms with E-state index in [-0.39, 0.29) is 0 Å². The Morgan fingerprint density at radius 1 is 1.31 bits per heavy atom. The third-order valence-corrected chi connectivity index (χ3v) is 3.13. The van der Waals surface area contributed by atoms with Crippen molar-refractivity contribution in [3.05, 3.63) is 35.6 Å². The molecule has 0 radical (unpaired) electrons. The van der Waals surface area contributed by atoms with Gasteiger partial charge in [0.15, 0.2) is 0 Å². The van der Waals surface area contributed by atoms with E-state index >= 15 is 0 Å². The summed E-state index contributed by atoms with van der Waals surface area (Å²) in [6.07, 6.45) is 3.56. The van der Waals surface area contributed by atoms with Gasteiger partial charge in [-0.1, -0.05) is 15.9 Å². The molecule has 0 aliphatic rings. The minimum Gasteiger partial charge on any atom is -0.265 e. The molecule has 2 aromatic rings. The van der Waals surface area contributed by atoms with Crippen LogP contribution in [-0.4, -0.2) is 9.97 Å². The normalized spacial score (nSPS) is 10.2. The highest BCUT2D eigenvalue weighted by Crippen LogP contribution is 2.23. The lowest BCUT2D eigenvalue weighted by Gasteiger charge is -1.92. The standard InChI is InChI=1S/C9H7BrN2S/c10-5-8-6-13-9(12-8)7-1-3-11-4-2-7/h1-4,6H,5H2. The summed E-state index contributed by atoms with van der Waals surface area (Å²) in [6, 6.07) is 3.94. The van der Waals surface area contributed by atoms with Crippen LogP contribution in [-0.2, 0) is 5.33 Å². The average Bonchev–Trinajstić information content (AvgIpc) is 2.67. The van der Waals surface area contributed by atoms with Crippen LogP contribution >= 0.6 is 27.3 Å². The highest BCUT2D eigenvalue weighted by molar-refractivity contribution is 9.08. The van der Waals surface area contributed by atoms with Crippen molar-refractivity contribution >= 4 is 27.3 Å². The van der Waals surface area contributed by atoms with Gasteiger partial charge < -0.3 is 0 Å². The van der Waals surface area contributed by atoms with Crippen molar-refractivity contribution in [1.29, 1.82) is 0 Å². The molecule has 0 spiro atoms. The summed E-state index contributed by atoms with van der Waals surface area (Å²) in [5.74, 6) is 0. The summed E-state index contributed by atoms with van der Waals surface area (Å²) in [4.78, 5) is 8.41. The van der Waals surface area contributed by atoms with Gasteiger partial charge in [-0.05, 0) is 12.1 Å². The summed E-state index contributed by atoms with van der Waals surface area (Å²) in [5, 5.41) is 3.93. The molecular formula is C9H7BrN2S. The Bertz CT molecular complexity index is 386. The van der Waals surface area contributed by atoms with Crippen LogP contribution in [0.4, 0.5) is 0 Å². The number of rotatable bonds is 2. The van der Waals surface area contributed by atoms with Crippen molar-refractivity contribution in [2.24, 2.45) is 0 Å². The maximum atomic E-state index is 4.44. The predicted molar refractivity (Wildman–Crippen MR) is 58.0 cm³/mol. The van der Waals surface area contributed by atoms with E-state index in [0.717, 1.165) is 21.6 Å². The van der Waals surface area contributed by atoms with Gasteiger partial charge in [0.25, 0.3) is 0 Å². The first-order valence-electron chi connectivity index (χ1n) is 3.81. The van der Waals surface area contributed by atoms with E-state index in [4.69, 9.17) is 0 Å². The molecule has 0 amide bonds. The molecule has 2 heterocycles. The Kier molecular flexibility index (Phi) is 2.71. The summed E-state index contributed by atoms with van der Waals surface area (Å²) < 4.78 is 0. The Labute approximate surface area is 88.8 Å². The molecule has 0 unspecified atom stereocenters. The van der Waals surface area contributed by atoms with Crippen molar-refractivity contribution in [3.8, 4) is 10.6 Å².